The van der Waals surface area contributed by atoms with Gasteiger partial charge in [-0.3, -0.25) is 14.6 Å². The van der Waals surface area contributed by atoms with Crippen molar-refractivity contribution in [3.05, 3.63) is 64.1 Å². The van der Waals surface area contributed by atoms with Gasteiger partial charge in [0, 0.05) is 43.2 Å². The van der Waals surface area contributed by atoms with Gasteiger partial charge >= 0.3 is 0 Å². The molecule has 11 heteroatoms. The zero-order valence-electron chi connectivity index (χ0n) is 21.3. The lowest BCUT2D eigenvalue weighted by Gasteiger charge is -2.39. The minimum Gasteiger partial charge on any atom is -0.468 e. The highest BCUT2D eigenvalue weighted by molar-refractivity contribution is 5.83. The molecule has 2 aliphatic rings. The average Bonchev–Trinajstić information content (AvgIpc) is 3.67. The molecule has 1 saturated heterocycles. The molecule has 6 rings (SSSR count). The van der Waals surface area contributed by atoms with E-state index in [2.05, 4.69) is 51.1 Å². The van der Waals surface area contributed by atoms with Crippen LogP contribution in [0.25, 0.3) is 10.9 Å². The van der Waals surface area contributed by atoms with Crippen LogP contribution in [0.4, 0.5) is 0 Å². The number of ether oxygens (including phenoxy) is 2. The van der Waals surface area contributed by atoms with Gasteiger partial charge in [-0.2, -0.15) is 0 Å². The second kappa shape index (κ2) is 9.31. The summed E-state index contributed by atoms with van der Waals surface area (Å²) in [7, 11) is 0. The van der Waals surface area contributed by atoms with Crippen LogP contribution in [0.2, 0.25) is 0 Å². The lowest BCUT2D eigenvalue weighted by molar-refractivity contribution is 0.0925. The molecule has 1 fully saturated rings. The molecule has 0 unspecified atom stereocenters. The maximum absolute atomic E-state index is 13.6. The second-order valence-electron chi connectivity index (χ2n) is 10.3. The lowest BCUT2D eigenvalue weighted by atomic mass is 9.98. The van der Waals surface area contributed by atoms with E-state index in [0.717, 1.165) is 50.3 Å². The average molecular weight is 506 g/mol. The maximum Gasteiger partial charge on any atom is 0.253 e. The molecule has 3 aromatic heterocycles. The normalized spacial score (nSPS) is 17.5. The molecule has 1 atom stereocenters. The number of pyridine rings is 1. The molecule has 37 heavy (non-hydrogen) atoms. The Bertz CT molecular complexity index is 1450. The molecule has 0 aliphatic carbocycles. The van der Waals surface area contributed by atoms with Crippen molar-refractivity contribution < 1.29 is 13.9 Å². The van der Waals surface area contributed by atoms with Crippen LogP contribution in [-0.4, -0.2) is 68.0 Å². The van der Waals surface area contributed by atoms with Crippen LogP contribution in [-0.2, 0) is 12.1 Å². The molecule has 11 nitrogen and oxygen atoms in total. The van der Waals surface area contributed by atoms with Crippen LogP contribution in [0, 0.1) is 0 Å². The fraction of sp³-hybridized carbons (Fsp3) is 0.462. The zero-order chi connectivity index (χ0) is 25.6. The van der Waals surface area contributed by atoms with Crippen molar-refractivity contribution in [2.24, 2.45) is 0 Å². The van der Waals surface area contributed by atoms with E-state index in [4.69, 9.17) is 13.9 Å². The number of hydrogen-bond acceptors (Lipinski definition) is 9. The fourth-order valence-electron chi connectivity index (χ4n) is 5.06. The summed E-state index contributed by atoms with van der Waals surface area (Å²) < 4.78 is 18.5. The summed E-state index contributed by atoms with van der Waals surface area (Å²) in [6, 6.07) is 9.16. The van der Waals surface area contributed by atoms with Crippen LogP contribution in [0.15, 0.2) is 45.8 Å². The summed E-state index contributed by atoms with van der Waals surface area (Å²) in [6.07, 6.45) is 2.54. The number of hydrogen-bond donors (Lipinski definition) is 1. The Labute approximate surface area is 214 Å². The van der Waals surface area contributed by atoms with Crippen molar-refractivity contribution in [1.82, 2.24) is 35.0 Å². The van der Waals surface area contributed by atoms with Gasteiger partial charge in [0.25, 0.3) is 5.56 Å². The van der Waals surface area contributed by atoms with Crippen molar-refractivity contribution >= 4 is 10.9 Å². The number of tetrazole rings is 1. The first kappa shape index (κ1) is 23.7. The third-order valence-corrected chi connectivity index (χ3v) is 7.57. The number of H-pyrrole nitrogens is 1. The molecule has 4 aromatic rings. The molecule has 1 aromatic carbocycles. The maximum atomic E-state index is 13.6. The number of nitrogens with zero attached hydrogens (tertiary/aromatic N) is 6. The number of aromatic nitrogens is 5. The van der Waals surface area contributed by atoms with E-state index in [1.165, 1.54) is 0 Å². The van der Waals surface area contributed by atoms with Gasteiger partial charge in [0.05, 0.1) is 23.9 Å². The van der Waals surface area contributed by atoms with Gasteiger partial charge in [0.1, 0.15) is 11.8 Å². The van der Waals surface area contributed by atoms with Gasteiger partial charge < -0.3 is 18.9 Å². The summed E-state index contributed by atoms with van der Waals surface area (Å²) in [5, 5.41) is 13.8. The smallest absolute Gasteiger partial charge is 0.253 e. The SMILES string of the molecule is CCC(C)(C)n1nnnc1[C@@H](c1cc2cc3c(cc2[nH]c1=O)OCO3)N1CCN(Cc2ccco2)CC1. The minimum atomic E-state index is -0.412. The molecule has 1 N–H and O–H groups in total. The number of furan rings is 1. The van der Waals surface area contributed by atoms with Gasteiger partial charge in [-0.05, 0) is 55.0 Å². The van der Waals surface area contributed by atoms with E-state index < -0.39 is 6.04 Å². The molecule has 0 spiro atoms. The predicted molar refractivity (Wildman–Crippen MR) is 136 cm³/mol. The Morgan fingerprint density at radius 2 is 1.89 bits per heavy atom. The largest absolute Gasteiger partial charge is 0.468 e. The van der Waals surface area contributed by atoms with Crippen molar-refractivity contribution in [2.75, 3.05) is 33.0 Å². The van der Waals surface area contributed by atoms with Gasteiger partial charge in [0.2, 0.25) is 6.79 Å². The Kier molecular flexibility index (Phi) is 5.96. The van der Waals surface area contributed by atoms with Crippen LogP contribution >= 0.6 is 0 Å². The molecular formula is C26H31N7O4. The fourth-order valence-corrected chi connectivity index (χ4v) is 5.06. The number of rotatable bonds is 7. The Morgan fingerprint density at radius 1 is 1.11 bits per heavy atom. The van der Waals surface area contributed by atoms with E-state index in [1.807, 2.05) is 35.0 Å². The highest BCUT2D eigenvalue weighted by Gasteiger charge is 2.36. The number of piperazine rings is 1. The third-order valence-electron chi connectivity index (χ3n) is 7.57. The Hall–Kier alpha value is -3.70. The molecule has 5 heterocycles. The monoisotopic (exact) mass is 505 g/mol. The van der Waals surface area contributed by atoms with Crippen LogP contribution < -0.4 is 15.0 Å². The number of nitrogens with one attached hydrogen (secondary N) is 1. The van der Waals surface area contributed by atoms with Gasteiger partial charge in [0.15, 0.2) is 17.3 Å². The second-order valence-corrected chi connectivity index (χ2v) is 10.3. The molecule has 0 saturated carbocycles. The third kappa shape index (κ3) is 4.38. The zero-order valence-corrected chi connectivity index (χ0v) is 21.3. The Morgan fingerprint density at radius 3 is 2.62 bits per heavy atom. The summed E-state index contributed by atoms with van der Waals surface area (Å²) in [6.45, 7) is 10.4. The van der Waals surface area contributed by atoms with Gasteiger partial charge in [-0.15, -0.1) is 5.10 Å². The van der Waals surface area contributed by atoms with Crippen molar-refractivity contribution in [3.8, 4) is 11.5 Å². The number of fused-ring (bicyclic) bond motifs is 2. The summed E-state index contributed by atoms with van der Waals surface area (Å²) in [4.78, 5) is 21.3. The van der Waals surface area contributed by atoms with E-state index in [-0.39, 0.29) is 17.9 Å². The topological polar surface area (TPSA) is 115 Å². The first-order valence-electron chi connectivity index (χ1n) is 12.7. The summed E-state index contributed by atoms with van der Waals surface area (Å²) in [5.41, 5.74) is 0.828. The van der Waals surface area contributed by atoms with Crippen LogP contribution in [0.3, 0.4) is 0 Å². The molecule has 2 aliphatic heterocycles. The van der Waals surface area contributed by atoms with Gasteiger partial charge in [-0.1, -0.05) is 6.92 Å². The van der Waals surface area contributed by atoms with Crippen LogP contribution in [0.1, 0.15) is 50.4 Å². The van der Waals surface area contributed by atoms with E-state index >= 15 is 0 Å². The van der Waals surface area contributed by atoms with E-state index in [1.54, 1.807) is 6.26 Å². The first-order chi connectivity index (χ1) is 17.9. The lowest BCUT2D eigenvalue weighted by Crippen LogP contribution is -2.49. The highest BCUT2D eigenvalue weighted by atomic mass is 16.7. The van der Waals surface area contributed by atoms with E-state index in [9.17, 15) is 4.79 Å². The molecule has 0 amide bonds. The van der Waals surface area contributed by atoms with Crippen molar-refractivity contribution in [2.45, 2.75) is 45.3 Å². The van der Waals surface area contributed by atoms with Crippen LogP contribution in [0.5, 0.6) is 11.5 Å². The first-order valence-corrected chi connectivity index (χ1v) is 12.7. The van der Waals surface area contributed by atoms with Crippen molar-refractivity contribution in [3.63, 3.8) is 0 Å². The molecule has 194 valence electrons. The summed E-state index contributed by atoms with van der Waals surface area (Å²) >= 11 is 0. The molecule has 0 bridgehead atoms. The number of aromatic amines is 1. The standard InChI is InChI=1S/C26H31N7O4/c1-4-26(2,3)33-24(28-29-30-33)23(32-9-7-31(8-10-32)15-18-6-5-11-35-18)19-12-17-13-21-22(37-16-36-21)14-20(17)27-25(19)34/h5-6,11-14,23H,4,7-10,15-16H2,1-3H3,(H,27,34)/t23-/m1/s1. The molecule has 0 radical (unpaired) electrons. The molecular weight excluding hydrogens is 474 g/mol. The number of benzene rings is 1. The highest BCUT2D eigenvalue weighted by Crippen LogP contribution is 2.37. The minimum absolute atomic E-state index is 0.168. The Balaban J connectivity index is 1.39. The predicted octanol–water partition coefficient (Wildman–Crippen LogP) is 2.89. The summed E-state index contributed by atoms with van der Waals surface area (Å²) in [5.74, 6) is 2.92. The van der Waals surface area contributed by atoms with Gasteiger partial charge in [-0.25, -0.2) is 4.68 Å². The van der Waals surface area contributed by atoms with Crippen molar-refractivity contribution in [1.29, 1.82) is 0 Å². The van der Waals surface area contributed by atoms with E-state index in [0.29, 0.717) is 28.4 Å². The quantitative estimate of drug-likeness (QED) is 0.405.